The molecule has 0 spiro atoms. The van der Waals surface area contributed by atoms with Crippen LogP contribution in [0.5, 0.6) is 0 Å². The van der Waals surface area contributed by atoms with Gasteiger partial charge < -0.3 is 5.32 Å². The van der Waals surface area contributed by atoms with Crippen LogP contribution in [0.1, 0.15) is 18.1 Å². The highest BCUT2D eigenvalue weighted by molar-refractivity contribution is 5.51. The fourth-order valence-corrected chi connectivity index (χ4v) is 1.07. The van der Waals surface area contributed by atoms with Crippen LogP contribution in [0.4, 0.5) is 5.69 Å². The van der Waals surface area contributed by atoms with E-state index >= 15 is 0 Å². The quantitative estimate of drug-likeness (QED) is 0.702. The lowest BCUT2D eigenvalue weighted by atomic mass is 10.1. The minimum Gasteiger partial charge on any atom is -0.360 e. The van der Waals surface area contributed by atoms with Crippen molar-refractivity contribution in [2.75, 3.05) is 5.32 Å². The maximum absolute atomic E-state index is 3.79. The molecule has 0 heterocycles. The lowest BCUT2D eigenvalue weighted by Gasteiger charge is -2.07. The molecule has 1 N–H and O–H groups in total. The molecule has 0 aliphatic heterocycles. The third kappa shape index (κ3) is 2.12. The lowest BCUT2D eigenvalue weighted by Crippen LogP contribution is -1.94. The molecule has 1 heteroatoms. The Kier molecular flexibility index (Phi) is 2.54. The first-order valence-electron chi connectivity index (χ1n) is 4.09. The molecule has 12 heavy (non-hydrogen) atoms. The molecule has 0 saturated heterocycles. The smallest absolute Gasteiger partial charge is 0.0384 e. The van der Waals surface area contributed by atoms with E-state index in [4.69, 9.17) is 0 Å². The third-order valence-corrected chi connectivity index (χ3v) is 1.86. The Labute approximate surface area is 74.1 Å². The number of aryl methyl sites for hydroxylation is 2. The molecule has 1 rings (SSSR count). The number of allylic oxidation sites excluding steroid dienone is 1. The molecule has 0 amide bonds. The number of hydrogen-bond donors (Lipinski definition) is 1. The summed E-state index contributed by atoms with van der Waals surface area (Å²) in [7, 11) is 0. The van der Waals surface area contributed by atoms with Crippen LogP contribution in [-0.4, -0.2) is 0 Å². The van der Waals surface area contributed by atoms with Crippen LogP contribution in [0.2, 0.25) is 0 Å². The Hall–Kier alpha value is -1.24. The third-order valence-electron chi connectivity index (χ3n) is 1.86. The molecular formula is C11H15N. The van der Waals surface area contributed by atoms with Crippen molar-refractivity contribution < 1.29 is 0 Å². The number of rotatable bonds is 2. The van der Waals surface area contributed by atoms with Crippen LogP contribution in [0.25, 0.3) is 0 Å². The van der Waals surface area contributed by atoms with E-state index in [0.717, 1.165) is 11.4 Å². The minimum atomic E-state index is 0.971. The van der Waals surface area contributed by atoms with E-state index in [1.54, 1.807) is 0 Å². The van der Waals surface area contributed by atoms with Crippen molar-refractivity contribution in [1.82, 2.24) is 0 Å². The van der Waals surface area contributed by atoms with Gasteiger partial charge in [0.25, 0.3) is 0 Å². The molecule has 0 unspecified atom stereocenters. The Morgan fingerprint density at radius 3 is 2.42 bits per heavy atom. The van der Waals surface area contributed by atoms with Gasteiger partial charge in [0.05, 0.1) is 0 Å². The van der Waals surface area contributed by atoms with E-state index in [1.807, 2.05) is 6.92 Å². The lowest BCUT2D eigenvalue weighted by molar-refractivity contribution is 1.32. The van der Waals surface area contributed by atoms with Gasteiger partial charge in [-0.05, 0) is 44.0 Å². The van der Waals surface area contributed by atoms with Crippen LogP contribution in [0.3, 0.4) is 0 Å². The van der Waals surface area contributed by atoms with Gasteiger partial charge in [-0.25, -0.2) is 0 Å². The number of benzene rings is 1. The first kappa shape index (κ1) is 8.85. The topological polar surface area (TPSA) is 12.0 Å². The van der Waals surface area contributed by atoms with Crippen molar-refractivity contribution in [3.05, 3.63) is 41.6 Å². The summed E-state index contributed by atoms with van der Waals surface area (Å²) in [6, 6.07) is 6.31. The standard InChI is InChI=1S/C11H15N/c1-8(2)12-11-6-5-9(3)10(4)7-11/h5-7,12H,1H2,2-4H3. The Bertz CT molecular complexity index is 300. The summed E-state index contributed by atoms with van der Waals surface area (Å²) in [5.41, 5.74) is 4.72. The summed E-state index contributed by atoms with van der Waals surface area (Å²) in [5.74, 6) is 0. The first-order chi connectivity index (χ1) is 5.59. The second kappa shape index (κ2) is 3.44. The van der Waals surface area contributed by atoms with E-state index in [-0.39, 0.29) is 0 Å². The predicted octanol–water partition coefficient (Wildman–Crippen LogP) is 3.25. The first-order valence-corrected chi connectivity index (χ1v) is 4.09. The molecule has 0 fully saturated rings. The van der Waals surface area contributed by atoms with E-state index in [2.05, 4.69) is 43.9 Å². The molecule has 1 aromatic rings. The average molecular weight is 161 g/mol. The molecule has 0 radical (unpaired) electrons. The highest BCUT2D eigenvalue weighted by Crippen LogP contribution is 2.14. The summed E-state index contributed by atoms with van der Waals surface area (Å²) < 4.78 is 0. The van der Waals surface area contributed by atoms with E-state index in [9.17, 15) is 0 Å². The average Bonchev–Trinajstić information content (AvgIpc) is 1.96. The Morgan fingerprint density at radius 2 is 1.92 bits per heavy atom. The Balaban J connectivity index is 2.89. The Morgan fingerprint density at radius 1 is 1.25 bits per heavy atom. The van der Waals surface area contributed by atoms with Crippen LogP contribution >= 0.6 is 0 Å². The molecule has 1 aromatic carbocycles. The maximum atomic E-state index is 3.79. The van der Waals surface area contributed by atoms with Gasteiger partial charge in [0.2, 0.25) is 0 Å². The number of anilines is 1. The van der Waals surface area contributed by atoms with Crippen molar-refractivity contribution in [1.29, 1.82) is 0 Å². The molecule has 0 aromatic heterocycles. The fraction of sp³-hybridized carbons (Fsp3) is 0.273. The van der Waals surface area contributed by atoms with Crippen molar-refractivity contribution >= 4 is 5.69 Å². The summed E-state index contributed by atoms with van der Waals surface area (Å²) in [6.07, 6.45) is 0. The summed E-state index contributed by atoms with van der Waals surface area (Å²) in [5, 5.41) is 3.18. The maximum Gasteiger partial charge on any atom is 0.0384 e. The number of hydrogen-bond acceptors (Lipinski definition) is 1. The van der Waals surface area contributed by atoms with Gasteiger partial charge in [-0.1, -0.05) is 12.6 Å². The molecule has 0 saturated carbocycles. The van der Waals surface area contributed by atoms with Gasteiger partial charge >= 0.3 is 0 Å². The normalized spacial score (nSPS) is 9.58. The van der Waals surface area contributed by atoms with E-state index < -0.39 is 0 Å². The van der Waals surface area contributed by atoms with Crippen molar-refractivity contribution in [2.45, 2.75) is 20.8 Å². The van der Waals surface area contributed by atoms with E-state index in [1.165, 1.54) is 11.1 Å². The zero-order valence-corrected chi connectivity index (χ0v) is 7.94. The fourth-order valence-electron chi connectivity index (χ4n) is 1.07. The number of nitrogens with one attached hydrogen (secondary N) is 1. The van der Waals surface area contributed by atoms with Gasteiger partial charge in [0, 0.05) is 11.4 Å². The molecule has 64 valence electrons. The van der Waals surface area contributed by atoms with Crippen LogP contribution < -0.4 is 5.32 Å². The largest absolute Gasteiger partial charge is 0.360 e. The summed E-state index contributed by atoms with van der Waals surface area (Å²) in [6.45, 7) is 9.97. The molecule has 0 atom stereocenters. The van der Waals surface area contributed by atoms with Gasteiger partial charge in [0.15, 0.2) is 0 Å². The molecule has 1 nitrogen and oxygen atoms in total. The molecular weight excluding hydrogens is 146 g/mol. The van der Waals surface area contributed by atoms with Crippen molar-refractivity contribution in [2.24, 2.45) is 0 Å². The van der Waals surface area contributed by atoms with Crippen LogP contribution in [-0.2, 0) is 0 Å². The van der Waals surface area contributed by atoms with Crippen LogP contribution in [0, 0.1) is 13.8 Å². The SMILES string of the molecule is C=C(C)Nc1ccc(C)c(C)c1. The van der Waals surface area contributed by atoms with Crippen LogP contribution in [0.15, 0.2) is 30.5 Å². The van der Waals surface area contributed by atoms with Gasteiger partial charge in [-0.3, -0.25) is 0 Å². The van der Waals surface area contributed by atoms with Gasteiger partial charge in [-0.2, -0.15) is 0 Å². The molecule has 0 aliphatic rings. The van der Waals surface area contributed by atoms with Crippen molar-refractivity contribution in [3.8, 4) is 0 Å². The molecule has 0 aliphatic carbocycles. The second-order valence-corrected chi connectivity index (χ2v) is 3.20. The highest BCUT2D eigenvalue weighted by atomic mass is 14.9. The van der Waals surface area contributed by atoms with Gasteiger partial charge in [-0.15, -0.1) is 0 Å². The summed E-state index contributed by atoms with van der Waals surface area (Å²) >= 11 is 0. The van der Waals surface area contributed by atoms with E-state index in [0.29, 0.717) is 0 Å². The second-order valence-electron chi connectivity index (χ2n) is 3.20. The minimum absolute atomic E-state index is 0.971. The zero-order valence-electron chi connectivity index (χ0n) is 7.94. The van der Waals surface area contributed by atoms with Crippen molar-refractivity contribution in [3.63, 3.8) is 0 Å². The zero-order chi connectivity index (χ0) is 9.14. The monoisotopic (exact) mass is 161 g/mol. The predicted molar refractivity (Wildman–Crippen MR) is 54.4 cm³/mol. The highest BCUT2D eigenvalue weighted by Gasteiger charge is 1.94. The molecule has 0 bridgehead atoms. The van der Waals surface area contributed by atoms with Gasteiger partial charge in [0.1, 0.15) is 0 Å². The summed E-state index contributed by atoms with van der Waals surface area (Å²) in [4.78, 5) is 0.